The summed E-state index contributed by atoms with van der Waals surface area (Å²) in [5, 5.41) is 0. The number of hydrogen-bond donors (Lipinski definition) is 1. The Morgan fingerprint density at radius 1 is 1.27 bits per heavy atom. The van der Waals surface area contributed by atoms with Crippen LogP contribution < -0.4 is 5.73 Å². The van der Waals surface area contributed by atoms with Crippen LogP contribution in [-0.4, -0.2) is 6.18 Å². The van der Waals surface area contributed by atoms with Crippen LogP contribution in [0.25, 0.3) is 0 Å². The molecule has 6 heteroatoms. The van der Waals surface area contributed by atoms with Crippen LogP contribution in [0.3, 0.4) is 0 Å². The molecule has 0 aromatic heterocycles. The third-order valence-electron chi connectivity index (χ3n) is 1.89. The van der Waals surface area contributed by atoms with E-state index in [1.807, 2.05) is 0 Å². The van der Waals surface area contributed by atoms with Gasteiger partial charge in [-0.25, -0.2) is 4.39 Å². The van der Waals surface area contributed by atoms with E-state index in [0.29, 0.717) is 0 Å². The fraction of sp³-hybridized carbons (Fsp3) is 0.333. The Hall–Kier alpha value is -0.810. The first-order chi connectivity index (χ1) is 6.32. The summed E-state index contributed by atoms with van der Waals surface area (Å²) >= 11 is 0. The lowest BCUT2D eigenvalue weighted by Gasteiger charge is -2.16. The average Bonchev–Trinajstić information content (AvgIpc) is 2.07. The zero-order valence-electron chi connectivity index (χ0n) is 7.81. The van der Waals surface area contributed by atoms with E-state index in [9.17, 15) is 17.6 Å². The van der Waals surface area contributed by atoms with Gasteiger partial charge in [-0.2, -0.15) is 13.2 Å². The number of halogens is 5. The maximum Gasteiger partial charge on any atom is 0.407 e. The average molecular weight is 244 g/mol. The standard InChI is InChI=1S/C9H9F4N.ClH/c1-5-4-6(2-3-7(5)10)8(14)9(11,12)13;/h2-4,8H,14H2,1H3;1H/t8-;/m0./s1. The van der Waals surface area contributed by atoms with E-state index in [0.717, 1.165) is 18.2 Å². The van der Waals surface area contributed by atoms with Crippen LogP contribution in [0.2, 0.25) is 0 Å². The molecule has 86 valence electrons. The fourth-order valence-electron chi connectivity index (χ4n) is 1.05. The van der Waals surface area contributed by atoms with Gasteiger partial charge in [-0.15, -0.1) is 12.4 Å². The van der Waals surface area contributed by atoms with E-state index >= 15 is 0 Å². The number of benzene rings is 1. The van der Waals surface area contributed by atoms with Gasteiger partial charge in [0.2, 0.25) is 0 Å². The van der Waals surface area contributed by atoms with Gasteiger partial charge < -0.3 is 5.73 Å². The van der Waals surface area contributed by atoms with Crippen molar-refractivity contribution in [3.05, 3.63) is 35.1 Å². The summed E-state index contributed by atoms with van der Waals surface area (Å²) in [4.78, 5) is 0. The number of hydrogen-bond acceptors (Lipinski definition) is 1. The predicted octanol–water partition coefficient (Wildman–Crippen LogP) is 3.12. The van der Waals surface area contributed by atoms with Gasteiger partial charge in [0.05, 0.1) is 0 Å². The van der Waals surface area contributed by atoms with Gasteiger partial charge in [0.25, 0.3) is 0 Å². The van der Waals surface area contributed by atoms with Crippen molar-refractivity contribution in [2.24, 2.45) is 5.73 Å². The first-order valence-corrected chi connectivity index (χ1v) is 3.90. The highest BCUT2D eigenvalue weighted by Gasteiger charge is 2.37. The molecular weight excluding hydrogens is 234 g/mol. The number of rotatable bonds is 1. The predicted molar refractivity (Wildman–Crippen MR) is 51.4 cm³/mol. The molecule has 1 rings (SSSR count). The largest absolute Gasteiger partial charge is 0.407 e. The molecule has 1 atom stereocenters. The van der Waals surface area contributed by atoms with Crippen molar-refractivity contribution in [3.8, 4) is 0 Å². The first-order valence-electron chi connectivity index (χ1n) is 3.90. The van der Waals surface area contributed by atoms with E-state index in [1.54, 1.807) is 0 Å². The first kappa shape index (κ1) is 14.2. The van der Waals surface area contributed by atoms with Crippen molar-refractivity contribution < 1.29 is 17.6 Å². The summed E-state index contributed by atoms with van der Waals surface area (Å²) < 4.78 is 49.2. The lowest BCUT2D eigenvalue weighted by atomic mass is 10.0. The molecule has 0 heterocycles. The van der Waals surface area contributed by atoms with Crippen molar-refractivity contribution in [3.63, 3.8) is 0 Å². The summed E-state index contributed by atoms with van der Waals surface area (Å²) in [5.74, 6) is -0.539. The van der Waals surface area contributed by atoms with Crippen molar-refractivity contribution in [1.29, 1.82) is 0 Å². The Kier molecular flexibility index (Phi) is 4.55. The number of alkyl halides is 3. The normalized spacial score (nSPS) is 13.2. The molecule has 0 spiro atoms. The lowest BCUT2D eigenvalue weighted by molar-refractivity contribution is -0.149. The van der Waals surface area contributed by atoms with Crippen LogP contribution in [0.15, 0.2) is 18.2 Å². The SMILES string of the molecule is Cc1cc([C@H](N)C(F)(F)F)ccc1F.Cl. The number of nitrogens with two attached hydrogens (primary N) is 1. The molecule has 0 saturated carbocycles. The monoisotopic (exact) mass is 243 g/mol. The molecule has 0 amide bonds. The minimum Gasteiger partial charge on any atom is -0.316 e. The molecule has 0 aliphatic heterocycles. The third kappa shape index (κ3) is 3.35. The van der Waals surface area contributed by atoms with Gasteiger partial charge in [0.1, 0.15) is 11.9 Å². The Balaban J connectivity index is 0.00000196. The zero-order valence-corrected chi connectivity index (χ0v) is 8.62. The van der Waals surface area contributed by atoms with Gasteiger partial charge in [0.15, 0.2) is 0 Å². The molecule has 0 aliphatic rings. The van der Waals surface area contributed by atoms with E-state index in [-0.39, 0.29) is 23.5 Å². The second-order valence-corrected chi connectivity index (χ2v) is 3.03. The van der Waals surface area contributed by atoms with Crippen LogP contribution in [0, 0.1) is 12.7 Å². The maximum absolute atomic E-state index is 12.7. The summed E-state index contributed by atoms with van der Waals surface area (Å²) in [5.41, 5.74) is 4.97. The lowest BCUT2D eigenvalue weighted by Crippen LogP contribution is -2.28. The van der Waals surface area contributed by atoms with Gasteiger partial charge in [-0.1, -0.05) is 12.1 Å². The maximum atomic E-state index is 12.7. The molecule has 1 nitrogen and oxygen atoms in total. The molecule has 1 aromatic carbocycles. The third-order valence-corrected chi connectivity index (χ3v) is 1.89. The van der Waals surface area contributed by atoms with Crippen LogP contribution in [0.5, 0.6) is 0 Å². The number of aryl methyl sites for hydroxylation is 1. The Bertz CT molecular complexity index is 337. The Morgan fingerprint density at radius 2 is 1.80 bits per heavy atom. The van der Waals surface area contributed by atoms with Crippen molar-refractivity contribution >= 4 is 12.4 Å². The van der Waals surface area contributed by atoms with E-state index in [1.165, 1.54) is 6.92 Å². The molecule has 0 aliphatic carbocycles. The van der Waals surface area contributed by atoms with E-state index in [4.69, 9.17) is 5.73 Å². The van der Waals surface area contributed by atoms with Gasteiger partial charge in [-0.3, -0.25) is 0 Å². The summed E-state index contributed by atoms with van der Waals surface area (Å²) in [6, 6.07) is 1.08. The van der Waals surface area contributed by atoms with Gasteiger partial charge in [0, 0.05) is 0 Å². The smallest absolute Gasteiger partial charge is 0.316 e. The summed E-state index contributed by atoms with van der Waals surface area (Å²) in [7, 11) is 0. The zero-order chi connectivity index (χ0) is 10.9. The van der Waals surface area contributed by atoms with Crippen molar-refractivity contribution in [2.45, 2.75) is 19.1 Å². The minimum absolute atomic E-state index is 0. The molecule has 2 N–H and O–H groups in total. The molecule has 0 fully saturated rings. The quantitative estimate of drug-likeness (QED) is 0.754. The van der Waals surface area contributed by atoms with Gasteiger partial charge in [-0.05, 0) is 24.1 Å². The Morgan fingerprint density at radius 3 is 2.20 bits per heavy atom. The second-order valence-electron chi connectivity index (χ2n) is 3.03. The van der Waals surface area contributed by atoms with Crippen molar-refractivity contribution in [2.75, 3.05) is 0 Å². The van der Waals surface area contributed by atoms with E-state index in [2.05, 4.69) is 0 Å². The summed E-state index contributed by atoms with van der Waals surface area (Å²) in [6.45, 7) is 1.39. The molecule has 0 saturated heterocycles. The molecule has 15 heavy (non-hydrogen) atoms. The van der Waals surface area contributed by atoms with Crippen molar-refractivity contribution in [1.82, 2.24) is 0 Å². The molecular formula is C9H10ClF4N. The summed E-state index contributed by atoms with van der Waals surface area (Å²) in [6.07, 6.45) is -4.50. The van der Waals surface area contributed by atoms with Gasteiger partial charge >= 0.3 is 6.18 Å². The molecule has 1 aromatic rings. The molecule has 0 unspecified atom stereocenters. The highest BCUT2D eigenvalue weighted by molar-refractivity contribution is 5.85. The van der Waals surface area contributed by atoms with Crippen LogP contribution >= 0.6 is 12.4 Å². The molecule has 0 radical (unpaired) electrons. The minimum atomic E-state index is -4.50. The van der Waals surface area contributed by atoms with Crippen LogP contribution in [0.4, 0.5) is 17.6 Å². The second kappa shape index (κ2) is 4.81. The van der Waals surface area contributed by atoms with Crippen LogP contribution in [-0.2, 0) is 0 Å². The topological polar surface area (TPSA) is 26.0 Å². The highest BCUT2D eigenvalue weighted by Crippen LogP contribution is 2.30. The molecule has 0 bridgehead atoms. The highest BCUT2D eigenvalue weighted by atomic mass is 35.5. The van der Waals surface area contributed by atoms with E-state index < -0.39 is 18.0 Å². The Labute approximate surface area is 90.7 Å². The fourth-order valence-corrected chi connectivity index (χ4v) is 1.05. The van der Waals surface area contributed by atoms with Crippen LogP contribution in [0.1, 0.15) is 17.2 Å².